The van der Waals surface area contributed by atoms with E-state index in [0.717, 1.165) is 14.6 Å². The number of hydrogen-bond acceptors (Lipinski definition) is 3. The topological polar surface area (TPSA) is 54.4 Å². The molecule has 0 bridgehead atoms. The summed E-state index contributed by atoms with van der Waals surface area (Å²) in [7, 11) is 0. The van der Waals surface area contributed by atoms with E-state index >= 15 is 0 Å². The van der Waals surface area contributed by atoms with Crippen LogP contribution in [0.25, 0.3) is 10.1 Å². The van der Waals surface area contributed by atoms with Crippen LogP contribution in [0.4, 0.5) is 0 Å². The Morgan fingerprint density at radius 1 is 1.29 bits per heavy atom. The first-order chi connectivity index (χ1) is 9.99. The predicted octanol–water partition coefficient (Wildman–Crippen LogP) is 4.59. The summed E-state index contributed by atoms with van der Waals surface area (Å²) in [5.74, 6) is -1.52. The molecule has 2 aromatic rings. The molecule has 1 fully saturated rings. The molecule has 110 valence electrons. The standard InChI is InChI=1S/C16H15BrO3S/c1-8-5-10(11(6-8)16(19)20)14(18)12-7-21-15-9(12)3-2-4-13(15)17/h2-4,7-8,10-11H,5-6H2,1H3,(H,19,20). The van der Waals surface area contributed by atoms with Crippen molar-refractivity contribution >= 4 is 49.1 Å². The second kappa shape index (κ2) is 5.54. The van der Waals surface area contributed by atoms with Crippen molar-refractivity contribution in [3.05, 3.63) is 33.6 Å². The number of carbonyl (C=O) groups excluding carboxylic acids is 1. The highest BCUT2D eigenvalue weighted by atomic mass is 79.9. The quantitative estimate of drug-likeness (QED) is 0.807. The number of carboxylic acids is 1. The Labute approximate surface area is 135 Å². The molecule has 0 radical (unpaired) electrons. The summed E-state index contributed by atoms with van der Waals surface area (Å²) in [5, 5.41) is 12.1. The number of halogens is 1. The summed E-state index contributed by atoms with van der Waals surface area (Å²) >= 11 is 5.02. The van der Waals surface area contributed by atoms with Crippen LogP contribution in [-0.4, -0.2) is 16.9 Å². The zero-order chi connectivity index (χ0) is 15.1. The second-order valence-corrected chi connectivity index (χ2v) is 7.49. The van der Waals surface area contributed by atoms with E-state index in [1.54, 1.807) is 0 Å². The lowest BCUT2D eigenvalue weighted by Crippen LogP contribution is -2.25. The number of carbonyl (C=O) groups is 2. The number of rotatable bonds is 3. The molecule has 1 heterocycles. The minimum atomic E-state index is -0.849. The lowest BCUT2D eigenvalue weighted by atomic mass is 9.88. The molecule has 0 aliphatic heterocycles. The van der Waals surface area contributed by atoms with Crippen LogP contribution in [0.3, 0.4) is 0 Å². The highest BCUT2D eigenvalue weighted by Crippen LogP contribution is 2.41. The van der Waals surface area contributed by atoms with Gasteiger partial charge in [-0.1, -0.05) is 19.1 Å². The van der Waals surface area contributed by atoms with Gasteiger partial charge in [0.1, 0.15) is 0 Å². The van der Waals surface area contributed by atoms with Gasteiger partial charge in [0.15, 0.2) is 5.78 Å². The van der Waals surface area contributed by atoms with E-state index < -0.39 is 17.8 Å². The number of ketones is 1. The molecule has 3 nitrogen and oxygen atoms in total. The Hall–Kier alpha value is -1.20. The van der Waals surface area contributed by atoms with Crippen LogP contribution in [0.2, 0.25) is 0 Å². The molecule has 1 N–H and O–H groups in total. The number of benzene rings is 1. The van der Waals surface area contributed by atoms with Gasteiger partial charge in [-0.2, -0.15) is 0 Å². The Balaban J connectivity index is 2.01. The minimum absolute atomic E-state index is 0.0175. The Bertz CT molecular complexity index is 721. The van der Waals surface area contributed by atoms with Crippen molar-refractivity contribution < 1.29 is 14.7 Å². The molecule has 0 spiro atoms. The van der Waals surface area contributed by atoms with Gasteiger partial charge in [0.2, 0.25) is 0 Å². The fourth-order valence-corrected chi connectivity index (χ4v) is 4.88. The molecule has 0 saturated heterocycles. The highest BCUT2D eigenvalue weighted by Gasteiger charge is 2.41. The largest absolute Gasteiger partial charge is 0.481 e. The van der Waals surface area contributed by atoms with Crippen LogP contribution >= 0.6 is 27.3 Å². The molecule has 3 rings (SSSR count). The molecule has 21 heavy (non-hydrogen) atoms. The normalized spacial score (nSPS) is 25.3. The van der Waals surface area contributed by atoms with Gasteiger partial charge in [-0.25, -0.2) is 0 Å². The highest BCUT2D eigenvalue weighted by molar-refractivity contribution is 9.10. The van der Waals surface area contributed by atoms with Crippen LogP contribution in [0.1, 0.15) is 30.1 Å². The van der Waals surface area contributed by atoms with Crippen LogP contribution < -0.4 is 0 Å². The summed E-state index contributed by atoms with van der Waals surface area (Å²) in [6.45, 7) is 2.02. The summed E-state index contributed by atoms with van der Waals surface area (Å²) in [5.41, 5.74) is 0.668. The van der Waals surface area contributed by atoms with Gasteiger partial charge in [-0.05, 0) is 40.8 Å². The molecule has 1 aliphatic rings. The van der Waals surface area contributed by atoms with Crippen LogP contribution in [0.5, 0.6) is 0 Å². The fourth-order valence-electron chi connectivity index (χ4n) is 3.27. The average molecular weight is 367 g/mol. The number of thiophene rings is 1. The SMILES string of the molecule is CC1CC(C(=O)O)C(C(=O)c2csc3c(Br)cccc23)C1. The third-order valence-corrected chi connectivity index (χ3v) is 6.22. The average Bonchev–Trinajstić information content (AvgIpc) is 3.02. The first kappa shape index (κ1) is 14.7. The van der Waals surface area contributed by atoms with E-state index in [2.05, 4.69) is 15.9 Å². The third kappa shape index (κ3) is 2.53. The van der Waals surface area contributed by atoms with Crippen LogP contribution in [0, 0.1) is 17.8 Å². The smallest absolute Gasteiger partial charge is 0.307 e. The molecule has 3 unspecified atom stereocenters. The number of hydrogen-bond donors (Lipinski definition) is 1. The predicted molar refractivity (Wildman–Crippen MR) is 86.9 cm³/mol. The van der Waals surface area contributed by atoms with Crippen molar-refractivity contribution in [2.24, 2.45) is 17.8 Å². The molecule has 3 atom stereocenters. The van der Waals surface area contributed by atoms with Crippen LogP contribution in [0.15, 0.2) is 28.1 Å². The summed E-state index contributed by atoms with van der Waals surface area (Å²) in [6.07, 6.45) is 1.26. The van der Waals surface area contributed by atoms with E-state index in [1.807, 2.05) is 30.5 Å². The third-order valence-electron chi connectivity index (χ3n) is 4.27. The van der Waals surface area contributed by atoms with Gasteiger partial charge in [-0.3, -0.25) is 9.59 Å². The van der Waals surface area contributed by atoms with Gasteiger partial charge in [0, 0.05) is 31.4 Å². The number of fused-ring (bicyclic) bond motifs is 1. The fraction of sp³-hybridized carbons (Fsp3) is 0.375. The van der Waals surface area contributed by atoms with E-state index in [9.17, 15) is 14.7 Å². The maximum absolute atomic E-state index is 12.8. The Kier molecular flexibility index (Phi) is 3.88. The number of carboxylic acid groups (broad SMARTS) is 1. The maximum Gasteiger partial charge on any atom is 0.307 e. The van der Waals surface area contributed by atoms with Gasteiger partial charge >= 0.3 is 5.97 Å². The Morgan fingerprint density at radius 3 is 2.71 bits per heavy atom. The van der Waals surface area contributed by atoms with E-state index in [0.29, 0.717) is 18.4 Å². The summed E-state index contributed by atoms with van der Waals surface area (Å²) < 4.78 is 2.01. The first-order valence-corrected chi connectivity index (χ1v) is 8.59. The molecule has 1 aliphatic carbocycles. The summed E-state index contributed by atoms with van der Waals surface area (Å²) in [6, 6.07) is 5.78. The van der Waals surface area contributed by atoms with Gasteiger partial charge in [-0.15, -0.1) is 11.3 Å². The van der Waals surface area contributed by atoms with Crippen molar-refractivity contribution in [2.45, 2.75) is 19.8 Å². The molecular weight excluding hydrogens is 352 g/mol. The zero-order valence-electron chi connectivity index (χ0n) is 11.5. The number of aliphatic carboxylic acids is 1. The minimum Gasteiger partial charge on any atom is -0.481 e. The van der Waals surface area contributed by atoms with Crippen molar-refractivity contribution in [3.63, 3.8) is 0 Å². The van der Waals surface area contributed by atoms with E-state index in [1.165, 1.54) is 11.3 Å². The van der Waals surface area contributed by atoms with Gasteiger partial charge in [0.05, 0.1) is 5.92 Å². The lowest BCUT2D eigenvalue weighted by Gasteiger charge is -2.13. The van der Waals surface area contributed by atoms with Crippen LogP contribution in [-0.2, 0) is 4.79 Å². The summed E-state index contributed by atoms with van der Waals surface area (Å²) in [4.78, 5) is 24.2. The Morgan fingerprint density at radius 2 is 2.00 bits per heavy atom. The van der Waals surface area contributed by atoms with Crippen molar-refractivity contribution in [1.29, 1.82) is 0 Å². The van der Waals surface area contributed by atoms with Gasteiger partial charge < -0.3 is 5.11 Å². The molecule has 5 heteroatoms. The van der Waals surface area contributed by atoms with Crippen molar-refractivity contribution in [1.82, 2.24) is 0 Å². The molecule has 1 aromatic carbocycles. The monoisotopic (exact) mass is 366 g/mol. The van der Waals surface area contributed by atoms with Crippen molar-refractivity contribution in [2.75, 3.05) is 0 Å². The van der Waals surface area contributed by atoms with Gasteiger partial charge in [0.25, 0.3) is 0 Å². The maximum atomic E-state index is 12.8. The second-order valence-electron chi connectivity index (χ2n) is 5.76. The van der Waals surface area contributed by atoms with E-state index in [4.69, 9.17) is 0 Å². The molecular formula is C16H15BrO3S. The van der Waals surface area contributed by atoms with Crippen molar-refractivity contribution in [3.8, 4) is 0 Å². The van der Waals surface area contributed by atoms with E-state index in [-0.39, 0.29) is 11.7 Å². The lowest BCUT2D eigenvalue weighted by molar-refractivity contribution is -0.142. The molecule has 0 amide bonds. The molecule has 1 saturated carbocycles. The first-order valence-electron chi connectivity index (χ1n) is 6.91. The molecule has 1 aromatic heterocycles. The number of Topliss-reactive ketones (excluding diaryl/α,β-unsaturated/α-hetero) is 1. The zero-order valence-corrected chi connectivity index (χ0v) is 13.9.